The molecule has 0 atom stereocenters. The Hall–Kier alpha value is -3.30. The van der Waals surface area contributed by atoms with Crippen LogP contribution in [-0.2, 0) is 0 Å². The Morgan fingerprint density at radius 2 is 1.93 bits per heavy atom. The first kappa shape index (κ1) is 19.0. The smallest absolute Gasteiger partial charge is 0.251 e. The molecule has 1 aliphatic rings. The number of hydrogen-bond donors (Lipinski definition) is 2. The van der Waals surface area contributed by atoms with Crippen LogP contribution in [-0.4, -0.2) is 46.3 Å². The molecule has 152 valence electrons. The molecular weight excluding hydrogens is 385 g/mol. The van der Waals surface area contributed by atoms with Crippen LogP contribution >= 0.6 is 0 Å². The number of ether oxygens (including phenoxy) is 1. The zero-order valence-electron chi connectivity index (χ0n) is 15.6. The molecule has 0 spiro atoms. The van der Waals surface area contributed by atoms with Gasteiger partial charge in [0.2, 0.25) is 5.95 Å². The van der Waals surface area contributed by atoms with E-state index in [-0.39, 0.29) is 25.9 Å². The quantitative estimate of drug-likeness (QED) is 0.669. The van der Waals surface area contributed by atoms with Crippen LogP contribution in [0.15, 0.2) is 36.5 Å². The molecule has 7 nitrogen and oxygen atoms in total. The van der Waals surface area contributed by atoms with Gasteiger partial charge in [0.05, 0.1) is 12.8 Å². The summed E-state index contributed by atoms with van der Waals surface area (Å²) in [6.45, 7) is 0.388. The number of rotatable bonds is 5. The first-order chi connectivity index (χ1) is 13.9. The van der Waals surface area contributed by atoms with E-state index >= 15 is 0 Å². The number of methoxy groups -OCH3 is 1. The van der Waals surface area contributed by atoms with Gasteiger partial charge in [0.15, 0.2) is 5.82 Å². The molecule has 2 aromatic heterocycles. The highest BCUT2D eigenvalue weighted by Gasteiger charge is 2.34. The van der Waals surface area contributed by atoms with Gasteiger partial charge in [-0.3, -0.25) is 5.10 Å². The van der Waals surface area contributed by atoms with E-state index in [2.05, 4.69) is 25.5 Å². The highest BCUT2D eigenvalue weighted by molar-refractivity contribution is 5.66. The second-order valence-electron chi connectivity index (χ2n) is 6.72. The van der Waals surface area contributed by atoms with Crippen LogP contribution in [0.4, 0.5) is 30.8 Å². The van der Waals surface area contributed by atoms with Crippen molar-refractivity contribution in [2.24, 2.45) is 0 Å². The average molecular weight is 404 g/mol. The average Bonchev–Trinajstić information content (AvgIpc) is 3.16. The van der Waals surface area contributed by atoms with Crippen LogP contribution in [0.25, 0.3) is 11.3 Å². The van der Waals surface area contributed by atoms with Crippen molar-refractivity contribution in [1.82, 2.24) is 20.2 Å². The summed E-state index contributed by atoms with van der Waals surface area (Å²) < 4.78 is 45.9. The van der Waals surface area contributed by atoms with Crippen molar-refractivity contribution < 1.29 is 17.9 Å². The Morgan fingerprint density at radius 3 is 2.66 bits per heavy atom. The molecule has 4 rings (SSSR count). The second kappa shape index (κ2) is 7.61. The standard InChI is InChI=1S/C19H19F3N6O/c1-29-12-2-3-13(14(20)10-12)15-11-17(27-26-15)24-16-4-7-23-18(25-16)28-8-5-19(21,22)6-9-28/h2-4,7,10-11H,5-6,8-9H2,1H3,(H2,23,24,25,26,27). The van der Waals surface area contributed by atoms with Gasteiger partial charge in [0.1, 0.15) is 17.4 Å². The Balaban J connectivity index is 1.48. The molecule has 1 aliphatic heterocycles. The Morgan fingerprint density at radius 1 is 1.14 bits per heavy atom. The number of nitrogens with zero attached hydrogens (tertiary/aromatic N) is 4. The minimum atomic E-state index is -2.63. The summed E-state index contributed by atoms with van der Waals surface area (Å²) >= 11 is 0. The van der Waals surface area contributed by atoms with Gasteiger partial charge in [-0.05, 0) is 18.2 Å². The lowest BCUT2D eigenvalue weighted by molar-refractivity contribution is -0.0222. The van der Waals surface area contributed by atoms with Gasteiger partial charge in [-0.15, -0.1) is 0 Å². The van der Waals surface area contributed by atoms with E-state index in [1.165, 1.54) is 13.2 Å². The SMILES string of the molecule is COc1ccc(-c2cc(Nc3ccnc(N4CCC(F)(F)CC4)n3)n[nH]2)c(F)c1. The molecule has 2 N–H and O–H groups in total. The van der Waals surface area contributed by atoms with E-state index in [9.17, 15) is 13.2 Å². The maximum atomic E-state index is 14.2. The number of hydrogen-bond acceptors (Lipinski definition) is 6. The number of nitrogens with one attached hydrogen (secondary N) is 2. The van der Waals surface area contributed by atoms with Crippen molar-refractivity contribution >= 4 is 17.6 Å². The predicted molar refractivity (Wildman–Crippen MR) is 102 cm³/mol. The number of H-pyrrole nitrogens is 1. The third kappa shape index (κ3) is 4.25. The lowest BCUT2D eigenvalue weighted by Crippen LogP contribution is -2.40. The van der Waals surface area contributed by atoms with Crippen molar-refractivity contribution in [3.63, 3.8) is 0 Å². The molecule has 10 heteroatoms. The molecule has 3 heterocycles. The van der Waals surface area contributed by atoms with Crippen molar-refractivity contribution in [2.75, 3.05) is 30.4 Å². The van der Waals surface area contributed by atoms with E-state index in [4.69, 9.17) is 4.74 Å². The molecule has 0 aliphatic carbocycles. The summed E-state index contributed by atoms with van der Waals surface area (Å²) in [5.41, 5.74) is 0.837. The zero-order valence-corrected chi connectivity index (χ0v) is 15.6. The van der Waals surface area contributed by atoms with Crippen molar-refractivity contribution in [1.29, 1.82) is 0 Å². The van der Waals surface area contributed by atoms with E-state index in [1.807, 2.05) is 0 Å². The van der Waals surface area contributed by atoms with Crippen LogP contribution in [0.3, 0.4) is 0 Å². The topological polar surface area (TPSA) is 79.0 Å². The summed E-state index contributed by atoms with van der Waals surface area (Å²) in [5.74, 6) is -1.37. The Kier molecular flexibility index (Phi) is 4.99. The van der Waals surface area contributed by atoms with Crippen LogP contribution in [0, 0.1) is 5.82 Å². The maximum absolute atomic E-state index is 14.2. The lowest BCUT2D eigenvalue weighted by atomic mass is 10.1. The van der Waals surface area contributed by atoms with Crippen LogP contribution in [0.2, 0.25) is 0 Å². The Labute approximate surface area is 164 Å². The van der Waals surface area contributed by atoms with Crippen molar-refractivity contribution in [3.8, 4) is 17.0 Å². The van der Waals surface area contributed by atoms with Gasteiger partial charge in [-0.1, -0.05) is 0 Å². The predicted octanol–water partition coefficient (Wildman–Crippen LogP) is 3.99. The van der Waals surface area contributed by atoms with Gasteiger partial charge in [-0.25, -0.2) is 18.2 Å². The van der Waals surface area contributed by atoms with E-state index in [0.29, 0.717) is 34.6 Å². The highest BCUT2D eigenvalue weighted by atomic mass is 19.3. The van der Waals surface area contributed by atoms with E-state index < -0.39 is 11.7 Å². The number of halogens is 3. The summed E-state index contributed by atoms with van der Waals surface area (Å²) in [6, 6.07) is 7.84. The number of alkyl halides is 2. The molecule has 0 unspecified atom stereocenters. The van der Waals surface area contributed by atoms with E-state index in [0.717, 1.165) is 0 Å². The van der Waals surface area contributed by atoms with Gasteiger partial charge in [-0.2, -0.15) is 10.1 Å². The number of aromatic amines is 1. The molecule has 1 fully saturated rings. The summed E-state index contributed by atoms with van der Waals surface area (Å²) in [6.07, 6.45) is 1.11. The largest absolute Gasteiger partial charge is 0.497 e. The summed E-state index contributed by atoms with van der Waals surface area (Å²) in [5, 5.41) is 9.92. The third-order valence-corrected chi connectivity index (χ3v) is 4.72. The lowest BCUT2D eigenvalue weighted by Gasteiger charge is -2.31. The number of anilines is 3. The van der Waals surface area contributed by atoms with Crippen LogP contribution < -0.4 is 15.0 Å². The van der Waals surface area contributed by atoms with Gasteiger partial charge < -0.3 is 15.0 Å². The number of benzene rings is 1. The van der Waals surface area contributed by atoms with E-state index in [1.54, 1.807) is 35.4 Å². The molecule has 0 saturated carbocycles. The number of aromatic nitrogens is 4. The fourth-order valence-electron chi connectivity index (χ4n) is 3.10. The molecular formula is C19H19F3N6O. The van der Waals surface area contributed by atoms with Crippen molar-refractivity contribution in [3.05, 3.63) is 42.3 Å². The van der Waals surface area contributed by atoms with Crippen LogP contribution in [0.5, 0.6) is 5.75 Å². The normalized spacial score (nSPS) is 15.9. The first-order valence-electron chi connectivity index (χ1n) is 9.06. The molecule has 29 heavy (non-hydrogen) atoms. The molecule has 1 aromatic carbocycles. The Bertz CT molecular complexity index is 999. The molecule has 0 radical (unpaired) electrons. The first-order valence-corrected chi connectivity index (χ1v) is 9.06. The zero-order chi connectivity index (χ0) is 20.4. The minimum absolute atomic E-state index is 0.194. The fourth-order valence-corrected chi connectivity index (χ4v) is 3.10. The minimum Gasteiger partial charge on any atom is -0.497 e. The second-order valence-corrected chi connectivity index (χ2v) is 6.72. The molecule has 1 saturated heterocycles. The summed E-state index contributed by atoms with van der Waals surface area (Å²) in [4.78, 5) is 10.3. The third-order valence-electron chi connectivity index (χ3n) is 4.72. The molecule has 0 bridgehead atoms. The number of piperidine rings is 1. The maximum Gasteiger partial charge on any atom is 0.251 e. The van der Waals surface area contributed by atoms with Gasteiger partial charge >= 0.3 is 0 Å². The molecule has 0 amide bonds. The van der Waals surface area contributed by atoms with Crippen LogP contribution in [0.1, 0.15) is 12.8 Å². The molecule has 3 aromatic rings. The monoisotopic (exact) mass is 404 g/mol. The summed E-state index contributed by atoms with van der Waals surface area (Å²) in [7, 11) is 1.47. The highest BCUT2D eigenvalue weighted by Crippen LogP contribution is 2.30. The van der Waals surface area contributed by atoms with Gasteiger partial charge in [0, 0.05) is 49.8 Å². The van der Waals surface area contributed by atoms with Crippen molar-refractivity contribution in [2.45, 2.75) is 18.8 Å². The van der Waals surface area contributed by atoms with Gasteiger partial charge in [0.25, 0.3) is 5.92 Å². The fraction of sp³-hybridized carbons (Fsp3) is 0.316.